The molecule has 0 heterocycles. The first-order chi connectivity index (χ1) is 8.06. The van der Waals surface area contributed by atoms with Gasteiger partial charge in [0, 0.05) is 12.6 Å². The number of hydrogen-bond acceptors (Lipinski definition) is 2. The van der Waals surface area contributed by atoms with Crippen molar-refractivity contribution < 1.29 is 4.79 Å². The molecule has 17 heavy (non-hydrogen) atoms. The number of nitrogens with two attached hydrogens (primary N) is 1. The molecule has 0 radical (unpaired) electrons. The van der Waals surface area contributed by atoms with Crippen LogP contribution in [0.3, 0.4) is 0 Å². The van der Waals surface area contributed by atoms with Gasteiger partial charge in [0.25, 0.3) is 0 Å². The Morgan fingerprint density at radius 2 is 1.94 bits per heavy atom. The van der Waals surface area contributed by atoms with Crippen molar-refractivity contribution >= 4 is 5.91 Å². The van der Waals surface area contributed by atoms with Gasteiger partial charge < -0.3 is 10.6 Å². The quantitative estimate of drug-likeness (QED) is 0.775. The second kappa shape index (κ2) is 7.00. The molecule has 3 nitrogen and oxygen atoms in total. The number of nitrogens with zero attached hydrogens (tertiary/aromatic N) is 1. The zero-order valence-corrected chi connectivity index (χ0v) is 11.6. The molecule has 1 aliphatic carbocycles. The molecule has 1 amide bonds. The molecule has 1 rings (SSSR count). The van der Waals surface area contributed by atoms with Gasteiger partial charge in [-0.3, -0.25) is 4.79 Å². The van der Waals surface area contributed by atoms with E-state index in [9.17, 15) is 4.79 Å². The van der Waals surface area contributed by atoms with Crippen LogP contribution in [-0.2, 0) is 4.79 Å². The van der Waals surface area contributed by atoms with Crippen LogP contribution in [0.2, 0.25) is 0 Å². The van der Waals surface area contributed by atoms with E-state index in [1.165, 1.54) is 12.8 Å². The van der Waals surface area contributed by atoms with Crippen molar-refractivity contribution in [3.63, 3.8) is 0 Å². The predicted octanol–water partition coefficient (Wildman–Crippen LogP) is 2.54. The third-order valence-corrected chi connectivity index (χ3v) is 3.53. The Morgan fingerprint density at radius 3 is 2.41 bits per heavy atom. The van der Waals surface area contributed by atoms with Crippen molar-refractivity contribution in [2.45, 2.75) is 71.4 Å². The monoisotopic (exact) mass is 240 g/mol. The Kier molecular flexibility index (Phi) is 5.96. The van der Waals surface area contributed by atoms with Crippen LogP contribution >= 0.6 is 0 Å². The van der Waals surface area contributed by atoms with Crippen LogP contribution in [0.25, 0.3) is 0 Å². The fraction of sp³-hybridized carbons (Fsp3) is 0.929. The van der Waals surface area contributed by atoms with E-state index in [-0.39, 0.29) is 11.9 Å². The Morgan fingerprint density at radius 1 is 1.35 bits per heavy atom. The number of carbonyl (C=O) groups excluding carboxylic acids is 1. The molecule has 0 aromatic rings. The van der Waals surface area contributed by atoms with Gasteiger partial charge in [0.15, 0.2) is 0 Å². The summed E-state index contributed by atoms with van der Waals surface area (Å²) >= 11 is 0. The maximum Gasteiger partial charge on any atom is 0.239 e. The zero-order chi connectivity index (χ0) is 12.8. The van der Waals surface area contributed by atoms with Gasteiger partial charge >= 0.3 is 0 Å². The lowest BCUT2D eigenvalue weighted by Gasteiger charge is -2.32. The fourth-order valence-corrected chi connectivity index (χ4v) is 2.68. The van der Waals surface area contributed by atoms with Crippen molar-refractivity contribution in [1.29, 1.82) is 0 Å². The number of rotatable bonds is 6. The lowest BCUT2D eigenvalue weighted by molar-refractivity contribution is -0.135. The molecule has 0 aromatic carbocycles. The smallest absolute Gasteiger partial charge is 0.239 e. The summed E-state index contributed by atoms with van der Waals surface area (Å²) in [5.41, 5.74) is 5.98. The summed E-state index contributed by atoms with van der Waals surface area (Å²) in [5.74, 6) is 0.695. The standard InChI is InChI=1S/C14H28N2O/c1-4-7-13(15)14(17)16(10-11(2)3)12-8-5-6-9-12/h11-13H,4-10,15H2,1-3H3. The van der Waals surface area contributed by atoms with E-state index >= 15 is 0 Å². The Hall–Kier alpha value is -0.570. The summed E-state index contributed by atoms with van der Waals surface area (Å²) < 4.78 is 0. The van der Waals surface area contributed by atoms with Gasteiger partial charge in [-0.05, 0) is 25.2 Å². The highest BCUT2D eigenvalue weighted by Crippen LogP contribution is 2.25. The van der Waals surface area contributed by atoms with Gasteiger partial charge in [0.1, 0.15) is 0 Å². The highest BCUT2D eigenvalue weighted by Gasteiger charge is 2.29. The summed E-state index contributed by atoms with van der Waals surface area (Å²) in [4.78, 5) is 14.4. The Bertz CT molecular complexity index is 234. The van der Waals surface area contributed by atoms with Crippen LogP contribution in [0.15, 0.2) is 0 Å². The molecular formula is C14H28N2O. The molecule has 0 spiro atoms. The van der Waals surface area contributed by atoms with E-state index in [4.69, 9.17) is 5.73 Å². The highest BCUT2D eigenvalue weighted by atomic mass is 16.2. The molecule has 1 saturated carbocycles. The first kappa shape index (κ1) is 14.5. The van der Waals surface area contributed by atoms with E-state index < -0.39 is 0 Å². The summed E-state index contributed by atoms with van der Waals surface area (Å²) in [5, 5.41) is 0. The third kappa shape index (κ3) is 4.30. The average Bonchev–Trinajstić information content (AvgIpc) is 2.78. The molecule has 1 fully saturated rings. The molecule has 0 bridgehead atoms. The zero-order valence-electron chi connectivity index (χ0n) is 11.6. The Labute approximate surface area is 106 Å². The lowest BCUT2D eigenvalue weighted by Crippen LogP contribution is -2.49. The maximum atomic E-state index is 12.4. The second-order valence-electron chi connectivity index (χ2n) is 5.72. The normalized spacial score (nSPS) is 18.6. The molecule has 1 atom stereocenters. The van der Waals surface area contributed by atoms with Gasteiger partial charge in [0.2, 0.25) is 5.91 Å². The lowest BCUT2D eigenvalue weighted by atomic mass is 10.1. The molecule has 0 saturated heterocycles. The largest absolute Gasteiger partial charge is 0.338 e. The van der Waals surface area contributed by atoms with E-state index in [1.54, 1.807) is 0 Å². The van der Waals surface area contributed by atoms with E-state index in [0.717, 1.165) is 32.2 Å². The van der Waals surface area contributed by atoms with Crippen molar-refractivity contribution in [3.8, 4) is 0 Å². The molecule has 100 valence electrons. The molecule has 0 aromatic heterocycles. The Balaban J connectivity index is 2.63. The molecule has 1 aliphatic rings. The van der Waals surface area contributed by atoms with Crippen LogP contribution < -0.4 is 5.73 Å². The van der Waals surface area contributed by atoms with E-state index in [0.29, 0.717) is 12.0 Å². The number of carbonyl (C=O) groups is 1. The minimum atomic E-state index is -0.292. The van der Waals surface area contributed by atoms with Crippen LogP contribution in [0.4, 0.5) is 0 Å². The highest BCUT2D eigenvalue weighted by molar-refractivity contribution is 5.82. The van der Waals surface area contributed by atoms with E-state index in [2.05, 4.69) is 25.7 Å². The SMILES string of the molecule is CCCC(N)C(=O)N(CC(C)C)C1CCCC1. The van der Waals surface area contributed by atoms with Crippen LogP contribution in [0, 0.1) is 5.92 Å². The third-order valence-electron chi connectivity index (χ3n) is 3.53. The molecule has 2 N–H and O–H groups in total. The summed E-state index contributed by atoms with van der Waals surface area (Å²) in [7, 11) is 0. The van der Waals surface area contributed by atoms with Gasteiger partial charge in [-0.2, -0.15) is 0 Å². The van der Waals surface area contributed by atoms with Gasteiger partial charge in [0.05, 0.1) is 6.04 Å². The number of amides is 1. The van der Waals surface area contributed by atoms with E-state index in [1.807, 2.05) is 0 Å². The summed E-state index contributed by atoms with van der Waals surface area (Å²) in [6.45, 7) is 7.28. The van der Waals surface area contributed by atoms with Crippen LogP contribution in [0.5, 0.6) is 0 Å². The van der Waals surface area contributed by atoms with Crippen molar-refractivity contribution in [2.75, 3.05) is 6.54 Å². The van der Waals surface area contributed by atoms with Crippen molar-refractivity contribution in [2.24, 2.45) is 11.7 Å². The first-order valence-corrected chi connectivity index (χ1v) is 7.12. The minimum Gasteiger partial charge on any atom is -0.338 e. The predicted molar refractivity (Wildman–Crippen MR) is 71.7 cm³/mol. The molecule has 1 unspecified atom stereocenters. The summed E-state index contributed by atoms with van der Waals surface area (Å²) in [6, 6.07) is 0.159. The van der Waals surface area contributed by atoms with Crippen LogP contribution in [-0.4, -0.2) is 29.4 Å². The van der Waals surface area contributed by atoms with Crippen LogP contribution in [0.1, 0.15) is 59.3 Å². The topological polar surface area (TPSA) is 46.3 Å². The molecule has 0 aliphatic heterocycles. The van der Waals surface area contributed by atoms with Crippen molar-refractivity contribution in [3.05, 3.63) is 0 Å². The first-order valence-electron chi connectivity index (χ1n) is 7.12. The average molecular weight is 240 g/mol. The minimum absolute atomic E-state index is 0.174. The molecular weight excluding hydrogens is 212 g/mol. The second-order valence-corrected chi connectivity index (χ2v) is 5.72. The molecule has 3 heteroatoms. The number of hydrogen-bond donors (Lipinski definition) is 1. The maximum absolute atomic E-state index is 12.4. The summed E-state index contributed by atoms with van der Waals surface area (Å²) in [6.07, 6.45) is 6.63. The van der Waals surface area contributed by atoms with Gasteiger partial charge in [-0.25, -0.2) is 0 Å². The van der Waals surface area contributed by atoms with Gasteiger partial charge in [-0.1, -0.05) is 40.0 Å². The van der Waals surface area contributed by atoms with Crippen molar-refractivity contribution in [1.82, 2.24) is 4.90 Å². The fourth-order valence-electron chi connectivity index (χ4n) is 2.68. The van der Waals surface area contributed by atoms with Gasteiger partial charge in [-0.15, -0.1) is 0 Å².